The molecule has 0 radical (unpaired) electrons. The molecule has 0 saturated carbocycles. The van der Waals surface area contributed by atoms with E-state index in [9.17, 15) is 4.79 Å². The summed E-state index contributed by atoms with van der Waals surface area (Å²) in [6.07, 6.45) is 0.893. The quantitative estimate of drug-likeness (QED) is 0.837. The van der Waals surface area contributed by atoms with Crippen molar-refractivity contribution in [1.82, 2.24) is 0 Å². The van der Waals surface area contributed by atoms with Gasteiger partial charge >= 0.3 is 0 Å². The number of hydrogen-bond donors (Lipinski definition) is 1. The molecule has 92 valence electrons. The van der Waals surface area contributed by atoms with Gasteiger partial charge in [0.2, 0.25) is 5.91 Å². The van der Waals surface area contributed by atoms with E-state index in [-0.39, 0.29) is 11.8 Å². The van der Waals surface area contributed by atoms with Crippen molar-refractivity contribution in [1.29, 1.82) is 0 Å². The number of anilines is 1. The summed E-state index contributed by atoms with van der Waals surface area (Å²) in [6.45, 7) is 0. The first kappa shape index (κ1) is 12.7. The van der Waals surface area contributed by atoms with Crippen LogP contribution in [0.2, 0.25) is 0 Å². The van der Waals surface area contributed by atoms with E-state index < -0.39 is 0 Å². The van der Waals surface area contributed by atoms with E-state index in [1.54, 1.807) is 0 Å². The van der Waals surface area contributed by atoms with Gasteiger partial charge in [-0.25, -0.2) is 0 Å². The smallest absolute Gasteiger partial charge is 0.239 e. The van der Waals surface area contributed by atoms with E-state index in [4.69, 9.17) is 11.6 Å². The molecular formula is C15H14ClNO. The summed E-state index contributed by atoms with van der Waals surface area (Å²) in [7, 11) is 0. The second-order valence-corrected chi connectivity index (χ2v) is 4.31. The van der Waals surface area contributed by atoms with Crippen LogP contribution in [0.3, 0.4) is 0 Å². The molecule has 0 saturated heterocycles. The van der Waals surface area contributed by atoms with Gasteiger partial charge < -0.3 is 5.32 Å². The SMILES string of the molecule is O=C(CCl)Nc1ccc(Cc2ccccc2)cc1. The Balaban J connectivity index is 2.02. The summed E-state index contributed by atoms with van der Waals surface area (Å²) in [5.74, 6) is -0.210. The Morgan fingerprint density at radius 1 is 0.944 bits per heavy atom. The van der Waals surface area contributed by atoms with Crippen molar-refractivity contribution in [3.05, 3.63) is 65.7 Å². The molecule has 0 aliphatic carbocycles. The van der Waals surface area contributed by atoms with Crippen LogP contribution in [-0.2, 0) is 11.2 Å². The Kier molecular flexibility index (Phi) is 4.37. The maximum atomic E-state index is 11.1. The van der Waals surface area contributed by atoms with Gasteiger partial charge in [0.25, 0.3) is 0 Å². The van der Waals surface area contributed by atoms with Crippen molar-refractivity contribution in [2.45, 2.75) is 6.42 Å². The summed E-state index contributed by atoms with van der Waals surface area (Å²) in [5, 5.41) is 2.71. The fourth-order valence-electron chi connectivity index (χ4n) is 1.73. The Morgan fingerprint density at radius 2 is 1.56 bits per heavy atom. The number of amides is 1. The van der Waals surface area contributed by atoms with Crippen LogP contribution in [-0.4, -0.2) is 11.8 Å². The van der Waals surface area contributed by atoms with Crippen LogP contribution < -0.4 is 5.32 Å². The normalized spacial score (nSPS) is 10.1. The second-order valence-electron chi connectivity index (χ2n) is 4.04. The molecule has 0 bridgehead atoms. The largest absolute Gasteiger partial charge is 0.325 e. The molecule has 2 aromatic carbocycles. The highest BCUT2D eigenvalue weighted by atomic mass is 35.5. The van der Waals surface area contributed by atoms with E-state index in [2.05, 4.69) is 17.4 Å². The number of carbonyl (C=O) groups is 1. The van der Waals surface area contributed by atoms with Crippen LogP contribution in [0.15, 0.2) is 54.6 Å². The Hall–Kier alpha value is -1.80. The zero-order valence-corrected chi connectivity index (χ0v) is 10.7. The monoisotopic (exact) mass is 259 g/mol. The first-order valence-corrected chi connectivity index (χ1v) is 6.30. The standard InChI is InChI=1S/C15H14ClNO/c16-11-15(18)17-14-8-6-13(7-9-14)10-12-4-2-1-3-5-12/h1-9H,10-11H2,(H,17,18). The third-order valence-corrected chi connectivity index (χ3v) is 2.85. The molecule has 1 amide bonds. The van der Waals surface area contributed by atoms with Crippen LogP contribution in [0.4, 0.5) is 5.69 Å². The van der Waals surface area contributed by atoms with Gasteiger partial charge in [0.15, 0.2) is 0 Å². The molecule has 2 aromatic rings. The molecule has 2 rings (SSSR count). The maximum Gasteiger partial charge on any atom is 0.239 e. The molecule has 18 heavy (non-hydrogen) atoms. The molecule has 0 aliphatic heterocycles. The number of carbonyl (C=O) groups excluding carboxylic acids is 1. The van der Waals surface area contributed by atoms with Crippen LogP contribution in [0, 0.1) is 0 Å². The Labute approximate surface area is 112 Å². The summed E-state index contributed by atoms with van der Waals surface area (Å²) in [5.41, 5.74) is 3.26. The van der Waals surface area contributed by atoms with E-state index in [0.29, 0.717) is 0 Å². The Morgan fingerprint density at radius 3 is 2.17 bits per heavy atom. The summed E-state index contributed by atoms with van der Waals surface area (Å²) in [4.78, 5) is 11.1. The average molecular weight is 260 g/mol. The molecule has 0 aliphatic rings. The number of hydrogen-bond acceptors (Lipinski definition) is 1. The lowest BCUT2D eigenvalue weighted by Gasteiger charge is -2.05. The van der Waals surface area contributed by atoms with Crippen molar-refractivity contribution in [3.8, 4) is 0 Å². The highest BCUT2D eigenvalue weighted by Crippen LogP contribution is 2.13. The van der Waals surface area contributed by atoms with Crippen LogP contribution in [0.1, 0.15) is 11.1 Å². The minimum absolute atomic E-state index is 0.0221. The van der Waals surface area contributed by atoms with Gasteiger partial charge in [0.1, 0.15) is 5.88 Å². The number of halogens is 1. The third-order valence-electron chi connectivity index (χ3n) is 2.61. The molecule has 0 aromatic heterocycles. The van der Waals surface area contributed by atoms with Crippen molar-refractivity contribution in [2.24, 2.45) is 0 Å². The first-order chi connectivity index (χ1) is 8.78. The lowest BCUT2D eigenvalue weighted by Crippen LogP contribution is -2.12. The minimum Gasteiger partial charge on any atom is -0.325 e. The lowest BCUT2D eigenvalue weighted by molar-refractivity contribution is -0.113. The van der Waals surface area contributed by atoms with Crippen molar-refractivity contribution < 1.29 is 4.79 Å². The molecule has 0 unspecified atom stereocenters. The van der Waals surface area contributed by atoms with Crippen molar-refractivity contribution in [2.75, 3.05) is 11.2 Å². The summed E-state index contributed by atoms with van der Waals surface area (Å²) < 4.78 is 0. The second kappa shape index (κ2) is 6.22. The average Bonchev–Trinajstić information content (AvgIpc) is 2.42. The van der Waals surface area contributed by atoms with Gasteiger partial charge in [-0.05, 0) is 29.7 Å². The predicted molar refractivity (Wildman–Crippen MR) is 75.0 cm³/mol. The maximum absolute atomic E-state index is 11.1. The molecule has 2 nitrogen and oxygen atoms in total. The topological polar surface area (TPSA) is 29.1 Å². The van der Waals surface area contributed by atoms with Crippen molar-refractivity contribution in [3.63, 3.8) is 0 Å². The van der Waals surface area contributed by atoms with Crippen LogP contribution in [0.5, 0.6) is 0 Å². The summed E-state index contributed by atoms with van der Waals surface area (Å²) >= 11 is 5.43. The van der Waals surface area contributed by atoms with Gasteiger partial charge in [0, 0.05) is 5.69 Å². The molecule has 0 atom stereocenters. The third kappa shape index (κ3) is 3.60. The highest BCUT2D eigenvalue weighted by Gasteiger charge is 2.00. The van der Waals surface area contributed by atoms with E-state index >= 15 is 0 Å². The fraction of sp³-hybridized carbons (Fsp3) is 0.133. The van der Waals surface area contributed by atoms with Gasteiger partial charge in [0.05, 0.1) is 0 Å². The molecule has 0 heterocycles. The fourth-order valence-corrected chi connectivity index (χ4v) is 1.80. The van der Waals surface area contributed by atoms with Crippen molar-refractivity contribution >= 4 is 23.2 Å². The zero-order chi connectivity index (χ0) is 12.8. The highest BCUT2D eigenvalue weighted by molar-refractivity contribution is 6.29. The number of alkyl halides is 1. The lowest BCUT2D eigenvalue weighted by atomic mass is 10.0. The summed E-state index contributed by atoms with van der Waals surface area (Å²) in [6, 6.07) is 18.1. The Bertz CT molecular complexity index is 508. The van der Waals surface area contributed by atoms with Crippen LogP contribution in [0.25, 0.3) is 0 Å². The predicted octanol–water partition coefficient (Wildman–Crippen LogP) is 3.45. The zero-order valence-electron chi connectivity index (χ0n) is 9.90. The minimum atomic E-state index is -0.188. The van der Waals surface area contributed by atoms with Gasteiger partial charge in [-0.15, -0.1) is 11.6 Å². The van der Waals surface area contributed by atoms with Gasteiger partial charge in [-0.2, -0.15) is 0 Å². The number of rotatable bonds is 4. The van der Waals surface area contributed by atoms with E-state index in [1.807, 2.05) is 42.5 Å². The number of benzene rings is 2. The number of nitrogens with one attached hydrogen (secondary N) is 1. The van der Waals surface area contributed by atoms with E-state index in [0.717, 1.165) is 12.1 Å². The van der Waals surface area contributed by atoms with Gasteiger partial charge in [-0.1, -0.05) is 42.5 Å². The molecule has 3 heteroatoms. The molecule has 0 spiro atoms. The molecule has 1 N–H and O–H groups in total. The first-order valence-electron chi connectivity index (χ1n) is 5.76. The van der Waals surface area contributed by atoms with Crippen LogP contribution >= 0.6 is 11.6 Å². The molecular weight excluding hydrogens is 246 g/mol. The van der Waals surface area contributed by atoms with E-state index in [1.165, 1.54) is 11.1 Å². The molecule has 0 fully saturated rings. The van der Waals surface area contributed by atoms with Gasteiger partial charge in [-0.3, -0.25) is 4.79 Å².